The van der Waals surface area contributed by atoms with Crippen LogP contribution in [-0.2, 0) is 6.18 Å². The Morgan fingerprint density at radius 2 is 1.72 bits per heavy atom. The van der Waals surface area contributed by atoms with Crippen molar-refractivity contribution < 1.29 is 18.0 Å². The van der Waals surface area contributed by atoms with Gasteiger partial charge in [-0.05, 0) is 36.4 Å². The van der Waals surface area contributed by atoms with Gasteiger partial charge in [0, 0.05) is 15.1 Å². The molecule has 0 aliphatic carbocycles. The molecule has 0 saturated heterocycles. The lowest BCUT2D eigenvalue weighted by Gasteiger charge is -2.11. The van der Waals surface area contributed by atoms with Crippen LogP contribution in [0.1, 0.15) is 16.2 Å². The third kappa shape index (κ3) is 4.43. The molecule has 164 valence electrons. The molecule has 2 heterocycles. The first kappa shape index (κ1) is 22.8. The number of carbonyl (C=O) groups is 1. The number of hydrogen-bond acceptors (Lipinski definition) is 3. The molecule has 0 fully saturated rings. The highest BCUT2D eigenvalue weighted by Crippen LogP contribution is 2.35. The zero-order valence-corrected chi connectivity index (χ0v) is 19.4. The van der Waals surface area contributed by atoms with E-state index in [2.05, 4.69) is 31.3 Å². The number of fused-ring (bicyclic) bond motifs is 1. The molecule has 0 saturated carbocycles. The molecule has 0 spiro atoms. The van der Waals surface area contributed by atoms with Gasteiger partial charge in [0.25, 0.3) is 5.91 Å². The zero-order valence-electron chi connectivity index (χ0n) is 15.5. The maximum absolute atomic E-state index is 13.8. The average molecular weight is 565 g/mol. The summed E-state index contributed by atoms with van der Waals surface area (Å²) in [5.74, 6) is -0.872. The monoisotopic (exact) mass is 562 g/mol. The van der Waals surface area contributed by atoms with Crippen molar-refractivity contribution in [3.8, 4) is 11.3 Å². The second kappa shape index (κ2) is 8.55. The Morgan fingerprint density at radius 1 is 1.03 bits per heavy atom. The zero-order chi connectivity index (χ0) is 23.2. The quantitative estimate of drug-likeness (QED) is 0.282. The number of alkyl halides is 3. The molecular weight excluding hydrogens is 556 g/mol. The van der Waals surface area contributed by atoms with Crippen molar-refractivity contribution in [1.29, 1.82) is 0 Å². The summed E-state index contributed by atoms with van der Waals surface area (Å²) in [6.45, 7) is 0. The lowest BCUT2D eigenvalue weighted by atomic mass is 10.1. The summed E-state index contributed by atoms with van der Waals surface area (Å²) in [5, 5.41) is 6.36. The molecule has 1 amide bonds. The first-order valence-electron chi connectivity index (χ1n) is 8.73. The summed E-state index contributed by atoms with van der Waals surface area (Å²) in [7, 11) is 0. The van der Waals surface area contributed by atoms with Crippen molar-refractivity contribution in [2.45, 2.75) is 6.18 Å². The average Bonchev–Trinajstić information content (AvgIpc) is 3.06. The number of benzene rings is 2. The summed E-state index contributed by atoms with van der Waals surface area (Å²) < 4.78 is 42.6. The van der Waals surface area contributed by atoms with Crippen molar-refractivity contribution >= 4 is 68.0 Å². The molecular formula is C20H9BrCl3F3N4O. The van der Waals surface area contributed by atoms with Gasteiger partial charge in [-0.1, -0.05) is 62.9 Å². The van der Waals surface area contributed by atoms with Crippen molar-refractivity contribution in [1.82, 2.24) is 14.6 Å². The summed E-state index contributed by atoms with van der Waals surface area (Å²) in [5.41, 5.74) is -1.31. The largest absolute Gasteiger partial charge is 0.433 e. The molecule has 0 radical (unpaired) electrons. The molecule has 0 bridgehead atoms. The first-order chi connectivity index (χ1) is 15.0. The fraction of sp³-hybridized carbons (Fsp3) is 0.0500. The lowest BCUT2D eigenvalue weighted by molar-refractivity contribution is -0.142. The predicted molar refractivity (Wildman–Crippen MR) is 121 cm³/mol. The highest BCUT2D eigenvalue weighted by atomic mass is 79.9. The smallest absolute Gasteiger partial charge is 0.319 e. The standard InChI is InChI=1S/C20H9BrCl3F3N4O/c21-10-3-1-9(2-4-10)13-8-15(20(25,26)27)31-18(28-13)16(24)17(30-31)19(32)29-14-7-11(22)5-6-12(14)23/h1-8H,(H,29,32). The van der Waals surface area contributed by atoms with Crippen LogP contribution in [0, 0.1) is 0 Å². The molecule has 12 heteroatoms. The molecule has 32 heavy (non-hydrogen) atoms. The van der Waals surface area contributed by atoms with Crippen molar-refractivity contribution in [3.05, 3.63) is 79.5 Å². The number of nitrogens with one attached hydrogen (secondary N) is 1. The fourth-order valence-corrected chi connectivity index (χ4v) is 3.73. The molecule has 2 aromatic heterocycles. The maximum Gasteiger partial charge on any atom is 0.433 e. The van der Waals surface area contributed by atoms with E-state index in [9.17, 15) is 18.0 Å². The number of anilines is 1. The van der Waals surface area contributed by atoms with E-state index in [0.717, 1.165) is 10.5 Å². The van der Waals surface area contributed by atoms with E-state index in [1.807, 2.05) is 0 Å². The molecule has 5 nitrogen and oxygen atoms in total. The van der Waals surface area contributed by atoms with Crippen LogP contribution >= 0.6 is 50.7 Å². The summed E-state index contributed by atoms with van der Waals surface area (Å²) in [6, 6.07) is 11.7. The van der Waals surface area contributed by atoms with E-state index < -0.39 is 23.5 Å². The van der Waals surface area contributed by atoms with E-state index >= 15 is 0 Å². The van der Waals surface area contributed by atoms with Gasteiger partial charge in [-0.2, -0.15) is 18.3 Å². The van der Waals surface area contributed by atoms with E-state index in [1.54, 1.807) is 24.3 Å². The van der Waals surface area contributed by atoms with Gasteiger partial charge < -0.3 is 5.32 Å². The molecule has 0 aliphatic heterocycles. The number of hydrogen-bond donors (Lipinski definition) is 1. The third-order valence-electron chi connectivity index (χ3n) is 4.35. The summed E-state index contributed by atoms with van der Waals surface area (Å²) in [4.78, 5) is 17.0. The summed E-state index contributed by atoms with van der Waals surface area (Å²) >= 11 is 21.5. The predicted octanol–water partition coefficient (Wildman–Crippen LogP) is 7.39. The molecule has 2 aromatic carbocycles. The van der Waals surface area contributed by atoms with E-state index in [-0.39, 0.29) is 27.1 Å². The Hall–Kier alpha value is -2.33. The van der Waals surface area contributed by atoms with Crippen LogP contribution in [0.25, 0.3) is 16.9 Å². The molecule has 0 unspecified atom stereocenters. The van der Waals surface area contributed by atoms with Crippen LogP contribution in [0.2, 0.25) is 15.1 Å². The number of amides is 1. The fourth-order valence-electron chi connectivity index (χ4n) is 2.88. The molecule has 4 aromatic rings. The SMILES string of the molecule is O=C(Nc1cc(Cl)ccc1Cl)c1nn2c(C(F)(F)F)cc(-c3ccc(Br)cc3)nc2c1Cl. The number of nitrogens with zero attached hydrogens (tertiary/aromatic N) is 3. The van der Waals surface area contributed by atoms with Crippen molar-refractivity contribution in [3.63, 3.8) is 0 Å². The number of rotatable bonds is 3. The second-order valence-electron chi connectivity index (χ2n) is 6.51. The minimum Gasteiger partial charge on any atom is -0.319 e. The number of aromatic nitrogens is 3. The summed E-state index contributed by atoms with van der Waals surface area (Å²) in [6.07, 6.45) is -4.79. The Bertz CT molecular complexity index is 1360. The van der Waals surface area contributed by atoms with Crippen LogP contribution in [0.4, 0.5) is 18.9 Å². The van der Waals surface area contributed by atoms with E-state index in [0.29, 0.717) is 15.1 Å². The lowest BCUT2D eigenvalue weighted by Crippen LogP contribution is -2.16. The highest BCUT2D eigenvalue weighted by molar-refractivity contribution is 9.10. The van der Waals surface area contributed by atoms with Crippen LogP contribution in [0.5, 0.6) is 0 Å². The van der Waals surface area contributed by atoms with Gasteiger partial charge in [-0.15, -0.1) is 0 Å². The maximum atomic E-state index is 13.8. The first-order valence-corrected chi connectivity index (χ1v) is 10.7. The Balaban J connectivity index is 1.85. The molecule has 0 aliphatic rings. The number of carbonyl (C=O) groups excluding carboxylic acids is 1. The molecule has 4 rings (SSSR count). The van der Waals surface area contributed by atoms with E-state index in [4.69, 9.17) is 34.8 Å². The van der Waals surface area contributed by atoms with Crippen molar-refractivity contribution in [2.75, 3.05) is 5.32 Å². The molecule has 0 atom stereocenters. The van der Waals surface area contributed by atoms with Gasteiger partial charge in [-0.25, -0.2) is 9.50 Å². The van der Waals surface area contributed by atoms with Crippen LogP contribution in [-0.4, -0.2) is 20.5 Å². The molecule has 1 N–H and O–H groups in total. The highest BCUT2D eigenvalue weighted by Gasteiger charge is 2.36. The van der Waals surface area contributed by atoms with Crippen LogP contribution in [0.15, 0.2) is 53.0 Å². The number of halogens is 7. The van der Waals surface area contributed by atoms with Gasteiger partial charge in [0.1, 0.15) is 5.02 Å². The Kier molecular flexibility index (Phi) is 6.10. The van der Waals surface area contributed by atoms with Gasteiger partial charge in [0.15, 0.2) is 17.0 Å². The Morgan fingerprint density at radius 3 is 2.38 bits per heavy atom. The van der Waals surface area contributed by atoms with Gasteiger partial charge in [0.2, 0.25) is 0 Å². The normalized spacial score (nSPS) is 11.7. The van der Waals surface area contributed by atoms with Gasteiger partial charge in [-0.3, -0.25) is 4.79 Å². The van der Waals surface area contributed by atoms with Gasteiger partial charge in [0.05, 0.1) is 16.4 Å². The third-order valence-corrected chi connectivity index (χ3v) is 5.80. The minimum absolute atomic E-state index is 0.0176. The second-order valence-corrected chi connectivity index (χ2v) is 8.64. The van der Waals surface area contributed by atoms with Gasteiger partial charge >= 0.3 is 6.18 Å². The van der Waals surface area contributed by atoms with Crippen LogP contribution < -0.4 is 5.32 Å². The Labute approximate surface area is 202 Å². The van der Waals surface area contributed by atoms with Crippen LogP contribution in [0.3, 0.4) is 0 Å². The van der Waals surface area contributed by atoms with Crippen molar-refractivity contribution in [2.24, 2.45) is 0 Å². The van der Waals surface area contributed by atoms with E-state index in [1.165, 1.54) is 18.2 Å². The minimum atomic E-state index is -4.79. The topological polar surface area (TPSA) is 59.3 Å².